The number of nitrogens with zero attached hydrogens (tertiary/aromatic N) is 2. The molecule has 0 spiro atoms. The summed E-state index contributed by atoms with van der Waals surface area (Å²) >= 11 is 0. The molecule has 1 unspecified atom stereocenters. The highest BCUT2D eigenvalue weighted by Crippen LogP contribution is 2.35. The number of hydrogen-bond donors (Lipinski definition) is 2. The summed E-state index contributed by atoms with van der Waals surface area (Å²) in [6, 6.07) is 2.55. The van der Waals surface area contributed by atoms with Crippen LogP contribution in [0.1, 0.15) is 18.4 Å². The summed E-state index contributed by atoms with van der Waals surface area (Å²) in [5.41, 5.74) is 1.51. The number of anilines is 2. The number of fused-ring (bicyclic) bond motifs is 1. The number of aryl methyl sites for hydroxylation is 1. The predicted molar refractivity (Wildman–Crippen MR) is 79.7 cm³/mol. The third kappa shape index (κ3) is 2.47. The molecule has 8 nitrogen and oxygen atoms in total. The molecule has 0 aliphatic carbocycles. The third-order valence-electron chi connectivity index (χ3n) is 4.07. The fourth-order valence-corrected chi connectivity index (χ4v) is 2.83. The maximum atomic E-state index is 12.0. The van der Waals surface area contributed by atoms with Crippen molar-refractivity contribution < 1.29 is 14.5 Å². The second-order valence-corrected chi connectivity index (χ2v) is 5.58. The molecule has 1 atom stereocenters. The molecule has 1 saturated heterocycles. The van der Waals surface area contributed by atoms with Gasteiger partial charge in [0, 0.05) is 31.8 Å². The van der Waals surface area contributed by atoms with Crippen LogP contribution < -0.4 is 10.6 Å². The van der Waals surface area contributed by atoms with Gasteiger partial charge >= 0.3 is 0 Å². The van der Waals surface area contributed by atoms with Crippen LogP contribution in [-0.2, 0) is 16.0 Å². The van der Waals surface area contributed by atoms with E-state index in [4.69, 9.17) is 0 Å². The summed E-state index contributed by atoms with van der Waals surface area (Å²) in [4.78, 5) is 35.8. The van der Waals surface area contributed by atoms with Gasteiger partial charge in [-0.15, -0.1) is 0 Å². The van der Waals surface area contributed by atoms with Gasteiger partial charge in [0.25, 0.3) is 5.69 Å². The molecule has 0 saturated carbocycles. The van der Waals surface area contributed by atoms with Crippen molar-refractivity contribution >= 4 is 28.9 Å². The lowest BCUT2D eigenvalue weighted by Crippen LogP contribution is -2.31. The number of carbonyl (C=O) groups is 2. The average molecular weight is 304 g/mol. The molecule has 22 heavy (non-hydrogen) atoms. The maximum absolute atomic E-state index is 12.0. The highest BCUT2D eigenvalue weighted by atomic mass is 16.6. The number of nitrogens with one attached hydrogen (secondary N) is 2. The van der Waals surface area contributed by atoms with Crippen LogP contribution in [0.5, 0.6) is 0 Å². The lowest BCUT2D eigenvalue weighted by molar-refractivity contribution is -0.384. The molecule has 2 heterocycles. The average Bonchev–Trinajstić information content (AvgIpc) is 2.78. The fraction of sp³-hybridized carbons (Fsp3) is 0.429. The van der Waals surface area contributed by atoms with Gasteiger partial charge < -0.3 is 15.5 Å². The van der Waals surface area contributed by atoms with Crippen molar-refractivity contribution in [3.63, 3.8) is 0 Å². The molecule has 2 aliphatic heterocycles. The van der Waals surface area contributed by atoms with Crippen molar-refractivity contribution in [2.24, 2.45) is 0 Å². The molecule has 0 bridgehead atoms. The van der Waals surface area contributed by atoms with Crippen LogP contribution in [0.25, 0.3) is 0 Å². The van der Waals surface area contributed by atoms with Crippen molar-refractivity contribution in [2.75, 3.05) is 24.2 Å². The molecule has 2 N–H and O–H groups in total. The topological polar surface area (TPSA) is 105 Å². The van der Waals surface area contributed by atoms with E-state index in [0.29, 0.717) is 31.5 Å². The van der Waals surface area contributed by atoms with Crippen LogP contribution in [0.2, 0.25) is 0 Å². The standard InChI is InChI=1S/C14H16N4O4/c1-17-5-4-9(14(17)20)15-11-7-10-8(2-3-13(19)16-10)6-12(11)18(21)22/h6-7,9,15H,2-5H2,1H3,(H,16,19). The molecule has 0 aromatic heterocycles. The Balaban J connectivity index is 1.95. The van der Waals surface area contributed by atoms with Crippen molar-refractivity contribution in [3.05, 3.63) is 27.8 Å². The largest absolute Gasteiger partial charge is 0.368 e. The second-order valence-electron chi connectivity index (χ2n) is 5.58. The molecule has 2 amide bonds. The van der Waals surface area contributed by atoms with Gasteiger partial charge in [-0.05, 0) is 24.5 Å². The Labute approximate surface area is 126 Å². The summed E-state index contributed by atoms with van der Waals surface area (Å²) in [7, 11) is 1.70. The molecule has 0 radical (unpaired) electrons. The number of amides is 2. The minimum Gasteiger partial charge on any atom is -0.368 e. The van der Waals surface area contributed by atoms with Crippen LogP contribution in [0.3, 0.4) is 0 Å². The SMILES string of the molecule is CN1CCC(Nc2cc3c(cc2[N+](=O)[O-])CCC(=O)N3)C1=O. The van der Waals surface area contributed by atoms with E-state index in [0.717, 1.165) is 5.56 Å². The molecule has 2 aliphatic rings. The zero-order valence-electron chi connectivity index (χ0n) is 12.1. The van der Waals surface area contributed by atoms with Gasteiger partial charge in [0.2, 0.25) is 11.8 Å². The van der Waals surface area contributed by atoms with Crippen molar-refractivity contribution in [1.82, 2.24) is 4.90 Å². The van der Waals surface area contributed by atoms with Crippen LogP contribution >= 0.6 is 0 Å². The van der Waals surface area contributed by atoms with E-state index in [-0.39, 0.29) is 23.2 Å². The van der Waals surface area contributed by atoms with E-state index >= 15 is 0 Å². The number of benzene rings is 1. The molecule has 1 aromatic rings. The van der Waals surface area contributed by atoms with Gasteiger partial charge in [-0.2, -0.15) is 0 Å². The van der Waals surface area contributed by atoms with Gasteiger partial charge in [-0.25, -0.2) is 0 Å². The summed E-state index contributed by atoms with van der Waals surface area (Å²) < 4.78 is 0. The van der Waals surface area contributed by atoms with E-state index in [2.05, 4.69) is 10.6 Å². The molecular formula is C14H16N4O4. The van der Waals surface area contributed by atoms with E-state index in [9.17, 15) is 19.7 Å². The van der Waals surface area contributed by atoms with Gasteiger partial charge in [-0.3, -0.25) is 19.7 Å². The first kappa shape index (κ1) is 14.3. The summed E-state index contributed by atoms with van der Waals surface area (Å²) in [5.74, 6) is -0.194. The number of nitro groups is 1. The monoisotopic (exact) mass is 304 g/mol. The Kier molecular flexibility index (Phi) is 3.44. The first-order chi connectivity index (χ1) is 10.5. The lowest BCUT2D eigenvalue weighted by Gasteiger charge is -2.19. The molecule has 1 fully saturated rings. The minimum absolute atomic E-state index is 0.0720. The third-order valence-corrected chi connectivity index (χ3v) is 4.07. The highest BCUT2D eigenvalue weighted by molar-refractivity contribution is 5.96. The van der Waals surface area contributed by atoms with E-state index in [1.54, 1.807) is 18.0 Å². The first-order valence-corrected chi connectivity index (χ1v) is 7.08. The van der Waals surface area contributed by atoms with E-state index in [1.165, 1.54) is 6.07 Å². The van der Waals surface area contributed by atoms with Gasteiger partial charge in [0.05, 0.1) is 4.92 Å². The summed E-state index contributed by atoms with van der Waals surface area (Å²) in [6.07, 6.45) is 1.39. The molecular weight excluding hydrogens is 288 g/mol. The van der Waals surface area contributed by atoms with Crippen LogP contribution in [-0.4, -0.2) is 41.3 Å². The van der Waals surface area contributed by atoms with E-state index < -0.39 is 11.0 Å². The molecule has 116 valence electrons. The number of carbonyl (C=O) groups excluding carboxylic acids is 2. The van der Waals surface area contributed by atoms with Crippen molar-refractivity contribution in [3.8, 4) is 0 Å². The van der Waals surface area contributed by atoms with Crippen LogP contribution in [0, 0.1) is 10.1 Å². The number of likely N-dealkylation sites (tertiary alicyclic amines) is 1. The van der Waals surface area contributed by atoms with Crippen LogP contribution in [0.15, 0.2) is 12.1 Å². The zero-order chi connectivity index (χ0) is 15.9. The summed E-state index contributed by atoms with van der Waals surface area (Å²) in [6.45, 7) is 0.617. The summed E-state index contributed by atoms with van der Waals surface area (Å²) in [5, 5.41) is 16.9. The smallest absolute Gasteiger partial charge is 0.292 e. The van der Waals surface area contributed by atoms with Gasteiger partial charge in [-0.1, -0.05) is 0 Å². The van der Waals surface area contributed by atoms with Crippen molar-refractivity contribution in [2.45, 2.75) is 25.3 Å². The first-order valence-electron chi connectivity index (χ1n) is 7.08. The highest BCUT2D eigenvalue weighted by Gasteiger charge is 2.31. The van der Waals surface area contributed by atoms with E-state index in [1.807, 2.05) is 0 Å². The Morgan fingerprint density at radius 2 is 2.14 bits per heavy atom. The van der Waals surface area contributed by atoms with Crippen LogP contribution in [0.4, 0.5) is 17.1 Å². The Morgan fingerprint density at radius 3 is 2.77 bits per heavy atom. The normalized spacial score (nSPS) is 20.6. The fourth-order valence-electron chi connectivity index (χ4n) is 2.83. The number of rotatable bonds is 3. The predicted octanol–water partition coefficient (Wildman–Crippen LogP) is 1.12. The van der Waals surface area contributed by atoms with Gasteiger partial charge in [0.15, 0.2) is 0 Å². The van der Waals surface area contributed by atoms with Crippen molar-refractivity contribution in [1.29, 1.82) is 0 Å². The number of nitro benzene ring substituents is 1. The van der Waals surface area contributed by atoms with Gasteiger partial charge in [0.1, 0.15) is 11.7 Å². The molecule has 1 aromatic carbocycles. The second kappa shape index (κ2) is 5.28. The maximum Gasteiger partial charge on any atom is 0.292 e. The number of likely N-dealkylation sites (N-methyl/N-ethyl adjacent to an activating group) is 1. The Hall–Kier alpha value is -2.64. The number of hydrogen-bond acceptors (Lipinski definition) is 5. The Morgan fingerprint density at radius 1 is 1.36 bits per heavy atom. The Bertz CT molecular complexity index is 673. The molecule has 3 rings (SSSR count). The quantitative estimate of drug-likeness (QED) is 0.643. The molecule has 8 heteroatoms. The zero-order valence-corrected chi connectivity index (χ0v) is 12.1. The minimum atomic E-state index is -0.471. The lowest BCUT2D eigenvalue weighted by atomic mass is 10.0.